The molecule has 1 heterocycles. The Labute approximate surface area is 108 Å². The maximum atomic E-state index is 11.1. The van der Waals surface area contributed by atoms with Crippen molar-refractivity contribution in [3.8, 4) is 0 Å². The van der Waals surface area contributed by atoms with E-state index in [1.54, 1.807) is 19.2 Å². The lowest BCUT2D eigenvalue weighted by Gasteiger charge is -2.25. The quantitative estimate of drug-likeness (QED) is 0.793. The molecule has 5 heteroatoms. The van der Waals surface area contributed by atoms with Crippen LogP contribution in [0.15, 0.2) is 18.3 Å². The molecular weight excluding hydrogens is 230 g/mol. The van der Waals surface area contributed by atoms with Gasteiger partial charge in [-0.3, -0.25) is 9.78 Å². The number of primary amides is 1. The smallest absolute Gasteiger partial charge is 0.236 e. The van der Waals surface area contributed by atoms with Crippen LogP contribution in [0, 0.1) is 5.92 Å². The molecule has 0 fully saturated rings. The van der Waals surface area contributed by atoms with E-state index in [1.165, 1.54) is 0 Å². The van der Waals surface area contributed by atoms with Crippen LogP contribution >= 0.6 is 0 Å². The zero-order chi connectivity index (χ0) is 13.7. The van der Waals surface area contributed by atoms with Crippen molar-refractivity contribution in [3.63, 3.8) is 0 Å². The van der Waals surface area contributed by atoms with Crippen molar-refractivity contribution in [2.75, 3.05) is 18.0 Å². The Morgan fingerprint density at radius 2 is 2.11 bits per heavy atom. The number of pyridine rings is 1. The van der Waals surface area contributed by atoms with E-state index in [9.17, 15) is 9.90 Å². The lowest BCUT2D eigenvalue weighted by molar-refractivity contribution is -0.116. The molecule has 1 unspecified atom stereocenters. The van der Waals surface area contributed by atoms with Crippen LogP contribution in [-0.2, 0) is 4.79 Å². The molecule has 0 aliphatic heterocycles. The fourth-order valence-corrected chi connectivity index (χ4v) is 1.72. The third kappa shape index (κ3) is 4.33. The van der Waals surface area contributed by atoms with Gasteiger partial charge < -0.3 is 15.7 Å². The first-order valence-corrected chi connectivity index (χ1v) is 6.07. The van der Waals surface area contributed by atoms with E-state index in [0.29, 0.717) is 11.6 Å². The number of hydrogen-bond acceptors (Lipinski definition) is 4. The standard InChI is InChI=1S/C13H21N3O2/c1-9(2)7-16(8-13(14)18)11-4-5-12(10(3)17)15-6-11/h4-6,9-10,17H,7-8H2,1-3H3,(H2,14,18). The highest BCUT2D eigenvalue weighted by Crippen LogP contribution is 2.17. The Hall–Kier alpha value is -1.62. The van der Waals surface area contributed by atoms with Gasteiger partial charge in [0.1, 0.15) is 0 Å². The minimum absolute atomic E-state index is 0.174. The van der Waals surface area contributed by atoms with E-state index in [2.05, 4.69) is 18.8 Å². The zero-order valence-electron chi connectivity index (χ0n) is 11.1. The number of anilines is 1. The minimum Gasteiger partial charge on any atom is -0.387 e. The summed E-state index contributed by atoms with van der Waals surface area (Å²) in [4.78, 5) is 17.1. The van der Waals surface area contributed by atoms with Gasteiger partial charge in [-0.2, -0.15) is 0 Å². The molecule has 18 heavy (non-hydrogen) atoms. The summed E-state index contributed by atoms with van der Waals surface area (Å²) in [6, 6.07) is 3.61. The van der Waals surface area contributed by atoms with E-state index >= 15 is 0 Å². The van der Waals surface area contributed by atoms with Gasteiger partial charge in [-0.05, 0) is 25.0 Å². The number of aliphatic hydroxyl groups excluding tert-OH is 1. The van der Waals surface area contributed by atoms with Gasteiger partial charge in [-0.1, -0.05) is 13.8 Å². The Kier molecular flexibility index (Phi) is 5.09. The van der Waals surface area contributed by atoms with Crippen LogP contribution in [-0.4, -0.2) is 29.1 Å². The average molecular weight is 251 g/mol. The van der Waals surface area contributed by atoms with Gasteiger partial charge >= 0.3 is 0 Å². The maximum Gasteiger partial charge on any atom is 0.236 e. The van der Waals surface area contributed by atoms with Crippen LogP contribution in [0.4, 0.5) is 5.69 Å². The molecule has 1 aromatic heterocycles. The van der Waals surface area contributed by atoms with Gasteiger partial charge in [0.15, 0.2) is 0 Å². The Morgan fingerprint density at radius 3 is 2.50 bits per heavy atom. The second-order valence-corrected chi connectivity index (χ2v) is 4.86. The summed E-state index contributed by atoms with van der Waals surface area (Å²) < 4.78 is 0. The Bertz CT molecular complexity index is 388. The molecule has 5 nitrogen and oxygen atoms in total. The van der Waals surface area contributed by atoms with Crippen LogP contribution in [0.2, 0.25) is 0 Å². The lowest BCUT2D eigenvalue weighted by Crippen LogP contribution is -2.36. The normalized spacial score (nSPS) is 12.5. The van der Waals surface area contributed by atoms with Crippen LogP contribution < -0.4 is 10.6 Å². The lowest BCUT2D eigenvalue weighted by atomic mass is 10.2. The van der Waals surface area contributed by atoms with Crippen LogP contribution in [0.1, 0.15) is 32.6 Å². The summed E-state index contributed by atoms with van der Waals surface area (Å²) in [5, 5.41) is 9.39. The Morgan fingerprint density at radius 1 is 1.44 bits per heavy atom. The molecule has 0 saturated heterocycles. The molecule has 1 aromatic rings. The van der Waals surface area contributed by atoms with E-state index in [1.807, 2.05) is 11.0 Å². The van der Waals surface area contributed by atoms with E-state index < -0.39 is 6.10 Å². The van der Waals surface area contributed by atoms with Crippen molar-refractivity contribution in [2.24, 2.45) is 11.7 Å². The molecule has 100 valence electrons. The summed E-state index contributed by atoms with van der Waals surface area (Å²) in [5.74, 6) is 0.0519. The third-order valence-corrected chi connectivity index (χ3v) is 2.50. The van der Waals surface area contributed by atoms with Gasteiger partial charge in [0, 0.05) is 6.54 Å². The number of amides is 1. The number of aromatic nitrogens is 1. The molecule has 0 spiro atoms. The van der Waals surface area contributed by atoms with Crippen LogP contribution in [0.3, 0.4) is 0 Å². The van der Waals surface area contributed by atoms with Crippen LogP contribution in [0.5, 0.6) is 0 Å². The molecule has 1 atom stereocenters. The first-order valence-electron chi connectivity index (χ1n) is 6.07. The largest absolute Gasteiger partial charge is 0.387 e. The summed E-state index contributed by atoms with van der Waals surface area (Å²) in [7, 11) is 0. The maximum absolute atomic E-state index is 11.1. The van der Waals surface area contributed by atoms with Crippen molar-refractivity contribution in [1.82, 2.24) is 4.98 Å². The summed E-state index contributed by atoms with van der Waals surface area (Å²) in [6.07, 6.45) is 1.07. The highest BCUT2D eigenvalue weighted by Gasteiger charge is 2.12. The van der Waals surface area contributed by atoms with Crippen molar-refractivity contribution in [2.45, 2.75) is 26.9 Å². The predicted molar refractivity (Wildman–Crippen MR) is 71.1 cm³/mol. The first kappa shape index (κ1) is 14.4. The number of nitrogens with zero attached hydrogens (tertiary/aromatic N) is 2. The summed E-state index contributed by atoms with van der Waals surface area (Å²) >= 11 is 0. The van der Waals surface area contributed by atoms with E-state index in [0.717, 1.165) is 12.2 Å². The topological polar surface area (TPSA) is 79.5 Å². The monoisotopic (exact) mass is 251 g/mol. The zero-order valence-corrected chi connectivity index (χ0v) is 11.1. The number of carbonyl (C=O) groups is 1. The molecule has 1 amide bonds. The molecule has 0 aromatic carbocycles. The Balaban J connectivity index is 2.87. The summed E-state index contributed by atoms with van der Waals surface area (Å²) in [6.45, 7) is 6.72. The highest BCUT2D eigenvalue weighted by molar-refractivity contribution is 5.79. The molecule has 0 aliphatic rings. The van der Waals surface area contributed by atoms with Gasteiger partial charge in [-0.25, -0.2) is 0 Å². The number of nitrogens with two attached hydrogens (primary N) is 1. The number of hydrogen-bond donors (Lipinski definition) is 2. The fourth-order valence-electron chi connectivity index (χ4n) is 1.72. The molecule has 1 rings (SSSR count). The SMILES string of the molecule is CC(C)CN(CC(N)=O)c1ccc(C(C)O)nc1. The average Bonchev–Trinajstić information content (AvgIpc) is 2.27. The molecule has 3 N–H and O–H groups in total. The van der Waals surface area contributed by atoms with Crippen molar-refractivity contribution >= 4 is 11.6 Å². The van der Waals surface area contributed by atoms with Gasteiger partial charge in [-0.15, -0.1) is 0 Å². The van der Waals surface area contributed by atoms with E-state index in [4.69, 9.17) is 5.73 Å². The second kappa shape index (κ2) is 6.35. The number of aliphatic hydroxyl groups is 1. The molecule has 0 aliphatic carbocycles. The minimum atomic E-state index is -0.589. The van der Waals surface area contributed by atoms with E-state index in [-0.39, 0.29) is 12.5 Å². The van der Waals surface area contributed by atoms with Crippen molar-refractivity contribution in [3.05, 3.63) is 24.0 Å². The third-order valence-electron chi connectivity index (χ3n) is 2.50. The summed E-state index contributed by atoms with van der Waals surface area (Å²) in [5.41, 5.74) is 6.70. The van der Waals surface area contributed by atoms with Gasteiger partial charge in [0.2, 0.25) is 5.91 Å². The molecule has 0 radical (unpaired) electrons. The van der Waals surface area contributed by atoms with Crippen LogP contribution in [0.25, 0.3) is 0 Å². The molecular formula is C13H21N3O2. The molecule has 0 saturated carbocycles. The second-order valence-electron chi connectivity index (χ2n) is 4.86. The number of carbonyl (C=O) groups excluding carboxylic acids is 1. The van der Waals surface area contributed by atoms with Crippen molar-refractivity contribution in [1.29, 1.82) is 0 Å². The van der Waals surface area contributed by atoms with Gasteiger partial charge in [0.05, 0.1) is 30.2 Å². The molecule has 0 bridgehead atoms. The number of rotatable bonds is 6. The van der Waals surface area contributed by atoms with Gasteiger partial charge in [0.25, 0.3) is 0 Å². The highest BCUT2D eigenvalue weighted by atomic mass is 16.3. The predicted octanol–water partition coefficient (Wildman–Crippen LogP) is 1.08. The fraction of sp³-hybridized carbons (Fsp3) is 0.538. The first-order chi connectivity index (χ1) is 8.40. The van der Waals surface area contributed by atoms with Crippen molar-refractivity contribution < 1.29 is 9.90 Å².